The fourth-order valence-electron chi connectivity index (χ4n) is 2.24. The quantitative estimate of drug-likeness (QED) is 0.859. The molecule has 0 spiro atoms. The van der Waals surface area contributed by atoms with Gasteiger partial charge in [-0.3, -0.25) is 4.79 Å². The van der Waals surface area contributed by atoms with Gasteiger partial charge < -0.3 is 15.0 Å². The zero-order valence-electron chi connectivity index (χ0n) is 11.8. The van der Waals surface area contributed by atoms with Crippen LogP contribution in [0.2, 0.25) is 0 Å². The van der Waals surface area contributed by atoms with Crippen LogP contribution in [0.4, 0.5) is 9.18 Å². The normalized spacial score (nSPS) is 15.6. The van der Waals surface area contributed by atoms with Crippen LogP contribution in [0, 0.1) is 5.95 Å². The minimum atomic E-state index is -0.779. The Morgan fingerprint density at radius 3 is 2.81 bits per heavy atom. The fourth-order valence-corrected chi connectivity index (χ4v) is 2.24. The number of rotatable bonds is 3. The molecule has 0 aliphatic carbocycles. The van der Waals surface area contributed by atoms with Crippen LogP contribution in [-0.2, 0) is 4.74 Å². The largest absolute Gasteiger partial charge is 0.450 e. The summed E-state index contributed by atoms with van der Waals surface area (Å²) in [5, 5.41) is 2.77. The molecule has 114 valence electrons. The van der Waals surface area contributed by atoms with Crippen molar-refractivity contribution in [2.45, 2.75) is 25.8 Å². The van der Waals surface area contributed by atoms with E-state index in [-0.39, 0.29) is 17.7 Å². The van der Waals surface area contributed by atoms with Crippen molar-refractivity contribution in [1.29, 1.82) is 0 Å². The van der Waals surface area contributed by atoms with Gasteiger partial charge in [0, 0.05) is 25.3 Å². The minimum absolute atomic E-state index is 0.0645. The molecule has 0 atom stereocenters. The number of hydrogen-bond acceptors (Lipinski definition) is 4. The second-order valence-electron chi connectivity index (χ2n) is 4.78. The Labute approximate surface area is 122 Å². The number of halogens is 1. The number of likely N-dealkylation sites (tertiary alicyclic amines) is 1. The molecule has 1 aromatic heterocycles. The number of hydrogen-bond donors (Lipinski definition) is 1. The van der Waals surface area contributed by atoms with Crippen LogP contribution in [0.3, 0.4) is 0 Å². The number of aromatic nitrogens is 1. The monoisotopic (exact) mass is 295 g/mol. The summed E-state index contributed by atoms with van der Waals surface area (Å²) >= 11 is 0. The lowest BCUT2D eigenvalue weighted by Gasteiger charge is -2.31. The van der Waals surface area contributed by atoms with E-state index < -0.39 is 11.9 Å². The molecule has 1 aromatic rings. The van der Waals surface area contributed by atoms with Gasteiger partial charge in [-0.2, -0.15) is 4.39 Å². The van der Waals surface area contributed by atoms with Crippen molar-refractivity contribution in [1.82, 2.24) is 15.2 Å². The standard InChI is InChI=1S/C14H18FN3O3/c1-2-21-14(20)18-8-5-10(6-9-18)17-13(19)11-4-3-7-16-12(11)15/h3-4,7,10H,2,5-6,8-9H2,1H3,(H,17,19). The van der Waals surface area contributed by atoms with Gasteiger partial charge in [0.05, 0.1) is 12.2 Å². The molecule has 1 aliphatic heterocycles. The van der Waals surface area contributed by atoms with Crippen LogP contribution in [0.25, 0.3) is 0 Å². The number of piperidine rings is 1. The summed E-state index contributed by atoms with van der Waals surface area (Å²) in [5.74, 6) is -1.26. The van der Waals surface area contributed by atoms with Crippen molar-refractivity contribution >= 4 is 12.0 Å². The Balaban J connectivity index is 1.85. The van der Waals surface area contributed by atoms with E-state index in [9.17, 15) is 14.0 Å². The van der Waals surface area contributed by atoms with E-state index in [0.717, 1.165) is 0 Å². The van der Waals surface area contributed by atoms with Crippen LogP contribution in [0.1, 0.15) is 30.1 Å². The van der Waals surface area contributed by atoms with Crippen LogP contribution in [-0.4, -0.2) is 47.6 Å². The summed E-state index contributed by atoms with van der Waals surface area (Å²) < 4.78 is 18.3. The highest BCUT2D eigenvalue weighted by atomic mass is 19.1. The molecule has 21 heavy (non-hydrogen) atoms. The van der Waals surface area contributed by atoms with Gasteiger partial charge in [-0.1, -0.05) is 0 Å². The van der Waals surface area contributed by atoms with E-state index in [1.807, 2.05) is 0 Å². The molecule has 0 bridgehead atoms. The highest BCUT2D eigenvalue weighted by molar-refractivity contribution is 5.94. The van der Waals surface area contributed by atoms with Crippen molar-refractivity contribution < 1.29 is 18.7 Å². The van der Waals surface area contributed by atoms with E-state index in [4.69, 9.17) is 4.74 Å². The van der Waals surface area contributed by atoms with Gasteiger partial charge in [0.2, 0.25) is 5.95 Å². The Kier molecular flexibility index (Phi) is 5.08. The smallest absolute Gasteiger partial charge is 0.409 e. The van der Waals surface area contributed by atoms with Crippen LogP contribution in [0.15, 0.2) is 18.3 Å². The zero-order chi connectivity index (χ0) is 15.2. The maximum absolute atomic E-state index is 13.4. The molecule has 2 heterocycles. The highest BCUT2D eigenvalue weighted by Crippen LogP contribution is 2.13. The first kappa shape index (κ1) is 15.2. The lowest BCUT2D eigenvalue weighted by molar-refractivity contribution is 0.0857. The molecule has 0 unspecified atom stereocenters. The van der Waals surface area contributed by atoms with Gasteiger partial charge >= 0.3 is 6.09 Å². The van der Waals surface area contributed by atoms with Gasteiger partial charge in [0.15, 0.2) is 0 Å². The number of nitrogens with zero attached hydrogens (tertiary/aromatic N) is 2. The molecular weight excluding hydrogens is 277 g/mol. The minimum Gasteiger partial charge on any atom is -0.450 e. The van der Waals surface area contributed by atoms with Crippen LogP contribution >= 0.6 is 0 Å². The summed E-state index contributed by atoms with van der Waals surface area (Å²) in [6.07, 6.45) is 2.20. The lowest BCUT2D eigenvalue weighted by Crippen LogP contribution is -2.46. The maximum Gasteiger partial charge on any atom is 0.409 e. The molecule has 1 aliphatic rings. The predicted octanol–water partition coefficient (Wildman–Crippen LogP) is 1.57. The number of pyridine rings is 1. The first-order valence-electron chi connectivity index (χ1n) is 6.95. The van der Waals surface area contributed by atoms with Gasteiger partial charge in [-0.25, -0.2) is 9.78 Å². The maximum atomic E-state index is 13.4. The van der Waals surface area contributed by atoms with E-state index in [1.165, 1.54) is 18.3 Å². The molecular formula is C14H18FN3O3. The summed E-state index contributed by atoms with van der Waals surface area (Å²) in [4.78, 5) is 28.6. The van der Waals surface area contributed by atoms with E-state index in [0.29, 0.717) is 32.5 Å². The van der Waals surface area contributed by atoms with Crippen molar-refractivity contribution in [3.05, 3.63) is 29.8 Å². The third-order valence-electron chi connectivity index (χ3n) is 3.36. The Morgan fingerprint density at radius 2 is 2.19 bits per heavy atom. The molecule has 1 fully saturated rings. The summed E-state index contributed by atoms with van der Waals surface area (Å²) in [6, 6.07) is 2.83. The lowest BCUT2D eigenvalue weighted by atomic mass is 10.0. The summed E-state index contributed by atoms with van der Waals surface area (Å²) in [6.45, 7) is 3.13. The molecule has 7 heteroatoms. The predicted molar refractivity (Wildman–Crippen MR) is 73.3 cm³/mol. The van der Waals surface area contributed by atoms with E-state index in [1.54, 1.807) is 11.8 Å². The number of carbonyl (C=O) groups is 2. The van der Waals surface area contributed by atoms with Gasteiger partial charge in [0.1, 0.15) is 0 Å². The molecule has 1 N–H and O–H groups in total. The molecule has 0 radical (unpaired) electrons. The summed E-state index contributed by atoms with van der Waals surface area (Å²) in [7, 11) is 0. The Morgan fingerprint density at radius 1 is 1.48 bits per heavy atom. The average molecular weight is 295 g/mol. The number of ether oxygens (including phenoxy) is 1. The second-order valence-corrected chi connectivity index (χ2v) is 4.78. The summed E-state index contributed by atoms with van der Waals surface area (Å²) in [5.41, 5.74) is -0.0645. The first-order valence-corrected chi connectivity index (χ1v) is 6.95. The number of carbonyl (C=O) groups excluding carboxylic acids is 2. The zero-order valence-corrected chi connectivity index (χ0v) is 11.8. The molecule has 6 nitrogen and oxygen atoms in total. The third-order valence-corrected chi connectivity index (χ3v) is 3.36. The molecule has 2 amide bonds. The first-order chi connectivity index (χ1) is 10.1. The molecule has 0 aromatic carbocycles. The third kappa shape index (κ3) is 3.90. The number of amides is 2. The van der Waals surface area contributed by atoms with Crippen LogP contribution in [0.5, 0.6) is 0 Å². The van der Waals surface area contributed by atoms with Crippen molar-refractivity contribution in [3.8, 4) is 0 Å². The van der Waals surface area contributed by atoms with E-state index >= 15 is 0 Å². The topological polar surface area (TPSA) is 71.5 Å². The molecule has 0 saturated carbocycles. The van der Waals surface area contributed by atoms with Gasteiger partial charge in [-0.05, 0) is 31.9 Å². The highest BCUT2D eigenvalue weighted by Gasteiger charge is 2.25. The SMILES string of the molecule is CCOC(=O)N1CCC(NC(=O)c2cccnc2F)CC1. The molecule has 2 rings (SSSR count). The molecule has 1 saturated heterocycles. The number of nitrogens with one attached hydrogen (secondary N) is 1. The average Bonchev–Trinajstić information content (AvgIpc) is 2.48. The van der Waals surface area contributed by atoms with Crippen molar-refractivity contribution in [2.75, 3.05) is 19.7 Å². The van der Waals surface area contributed by atoms with E-state index in [2.05, 4.69) is 10.3 Å². The second kappa shape index (κ2) is 7.01. The van der Waals surface area contributed by atoms with Crippen LogP contribution < -0.4 is 5.32 Å². The fraction of sp³-hybridized carbons (Fsp3) is 0.500. The van der Waals surface area contributed by atoms with Crippen molar-refractivity contribution in [3.63, 3.8) is 0 Å². The Bertz CT molecular complexity index is 516. The Hall–Kier alpha value is -2.18. The van der Waals surface area contributed by atoms with Crippen molar-refractivity contribution in [2.24, 2.45) is 0 Å². The van der Waals surface area contributed by atoms with Gasteiger partial charge in [0.25, 0.3) is 5.91 Å². The van der Waals surface area contributed by atoms with Gasteiger partial charge in [-0.15, -0.1) is 0 Å².